The molecule has 1 amide bonds. The Morgan fingerprint density at radius 1 is 1.34 bits per heavy atom. The van der Waals surface area contributed by atoms with Gasteiger partial charge in [0.05, 0.1) is 26.4 Å². The highest BCUT2D eigenvalue weighted by Gasteiger charge is 2.24. The van der Waals surface area contributed by atoms with Crippen molar-refractivity contribution in [2.24, 2.45) is 0 Å². The fourth-order valence-corrected chi connectivity index (χ4v) is 3.99. The summed E-state index contributed by atoms with van der Waals surface area (Å²) < 4.78 is 10.7. The van der Waals surface area contributed by atoms with Crippen LogP contribution < -0.4 is 10.1 Å². The zero-order valence-electron chi connectivity index (χ0n) is 16.0. The number of aromatic amines is 1. The second kappa shape index (κ2) is 9.12. The molecule has 1 aliphatic rings. The van der Waals surface area contributed by atoms with Gasteiger partial charge in [-0.1, -0.05) is 12.1 Å². The van der Waals surface area contributed by atoms with Crippen molar-refractivity contribution in [3.05, 3.63) is 47.2 Å². The molecule has 1 atom stereocenters. The number of aromatic nitrogens is 4. The number of amides is 1. The number of hydrogen-bond acceptors (Lipinski definition) is 8. The van der Waals surface area contributed by atoms with Crippen molar-refractivity contribution in [1.82, 2.24) is 30.4 Å². The number of ether oxygens (including phenoxy) is 2. The molecule has 2 N–H and O–H groups in total. The van der Waals surface area contributed by atoms with Crippen LogP contribution >= 0.6 is 11.3 Å². The zero-order chi connectivity index (χ0) is 20.1. The van der Waals surface area contributed by atoms with E-state index < -0.39 is 0 Å². The van der Waals surface area contributed by atoms with Crippen LogP contribution in [0.2, 0.25) is 0 Å². The van der Waals surface area contributed by atoms with E-state index in [0.29, 0.717) is 36.3 Å². The summed E-state index contributed by atoms with van der Waals surface area (Å²) in [6, 6.07) is 8.00. The summed E-state index contributed by atoms with van der Waals surface area (Å²) >= 11 is 1.35. The number of thiazole rings is 1. The Morgan fingerprint density at radius 2 is 2.14 bits per heavy atom. The third-order valence-corrected chi connectivity index (χ3v) is 5.65. The van der Waals surface area contributed by atoms with E-state index in [-0.39, 0.29) is 11.9 Å². The largest absolute Gasteiger partial charge is 0.497 e. The third kappa shape index (κ3) is 4.61. The molecule has 0 spiro atoms. The molecule has 3 aromatic rings. The van der Waals surface area contributed by atoms with E-state index in [9.17, 15) is 4.79 Å². The van der Waals surface area contributed by atoms with Gasteiger partial charge in [0.25, 0.3) is 5.91 Å². The van der Waals surface area contributed by atoms with Crippen molar-refractivity contribution in [1.29, 1.82) is 0 Å². The molecule has 0 radical (unpaired) electrons. The lowest BCUT2D eigenvalue weighted by atomic mass is 10.0. The molecule has 10 heteroatoms. The maximum atomic E-state index is 12.7. The van der Waals surface area contributed by atoms with Crippen molar-refractivity contribution in [2.75, 3.05) is 40.0 Å². The number of carbonyl (C=O) groups excluding carboxylic acids is 1. The molecule has 0 saturated carbocycles. The maximum Gasteiger partial charge on any atom is 0.270 e. The predicted octanol–water partition coefficient (Wildman–Crippen LogP) is 1.74. The Balaban J connectivity index is 1.46. The Labute approximate surface area is 172 Å². The summed E-state index contributed by atoms with van der Waals surface area (Å²) in [4.78, 5) is 23.4. The van der Waals surface area contributed by atoms with Crippen LogP contribution in [0, 0.1) is 0 Å². The molecule has 1 aromatic carbocycles. The first-order chi connectivity index (χ1) is 14.2. The average Bonchev–Trinajstić information content (AvgIpc) is 3.47. The van der Waals surface area contributed by atoms with E-state index in [1.807, 2.05) is 24.3 Å². The van der Waals surface area contributed by atoms with Gasteiger partial charge in [0.15, 0.2) is 10.8 Å². The lowest BCUT2D eigenvalue weighted by molar-refractivity contribution is 0.0162. The lowest BCUT2D eigenvalue weighted by Gasteiger charge is -2.35. The van der Waals surface area contributed by atoms with Crippen LogP contribution in [0.1, 0.15) is 22.1 Å². The van der Waals surface area contributed by atoms with Gasteiger partial charge in [-0.05, 0) is 17.7 Å². The number of carbonyl (C=O) groups is 1. The quantitative estimate of drug-likeness (QED) is 0.607. The van der Waals surface area contributed by atoms with Gasteiger partial charge in [0.1, 0.15) is 17.8 Å². The number of H-pyrrole nitrogens is 1. The smallest absolute Gasteiger partial charge is 0.270 e. The summed E-state index contributed by atoms with van der Waals surface area (Å²) in [7, 11) is 1.65. The van der Waals surface area contributed by atoms with Gasteiger partial charge in [0, 0.05) is 25.0 Å². The summed E-state index contributed by atoms with van der Waals surface area (Å²) in [5, 5.41) is 12.0. The molecule has 0 bridgehead atoms. The highest BCUT2D eigenvalue weighted by molar-refractivity contribution is 7.13. The predicted molar refractivity (Wildman–Crippen MR) is 108 cm³/mol. The summed E-state index contributed by atoms with van der Waals surface area (Å²) in [5.41, 5.74) is 1.49. The van der Waals surface area contributed by atoms with E-state index >= 15 is 0 Å². The first-order valence-electron chi connectivity index (χ1n) is 9.30. The highest BCUT2D eigenvalue weighted by Crippen LogP contribution is 2.24. The molecule has 3 heterocycles. The number of morpholine rings is 1. The summed E-state index contributed by atoms with van der Waals surface area (Å²) in [6.07, 6.45) is 1.41. The average molecular weight is 414 g/mol. The molecular formula is C19H22N6O3S. The molecule has 152 valence electrons. The second-order valence-corrected chi connectivity index (χ2v) is 7.38. The minimum absolute atomic E-state index is 0.0427. The van der Waals surface area contributed by atoms with Gasteiger partial charge in [-0.3, -0.25) is 14.8 Å². The number of methoxy groups -OCH3 is 1. The minimum atomic E-state index is -0.209. The van der Waals surface area contributed by atoms with Crippen LogP contribution in [-0.2, 0) is 4.74 Å². The lowest BCUT2D eigenvalue weighted by Crippen LogP contribution is -2.43. The monoisotopic (exact) mass is 414 g/mol. The molecule has 29 heavy (non-hydrogen) atoms. The van der Waals surface area contributed by atoms with Gasteiger partial charge in [-0.25, -0.2) is 9.97 Å². The summed E-state index contributed by atoms with van der Waals surface area (Å²) in [5.74, 6) is 1.15. The zero-order valence-corrected chi connectivity index (χ0v) is 16.8. The van der Waals surface area contributed by atoms with E-state index in [4.69, 9.17) is 9.47 Å². The topological polar surface area (TPSA) is 105 Å². The molecule has 0 aliphatic carbocycles. The van der Waals surface area contributed by atoms with Crippen LogP contribution in [0.15, 0.2) is 36.0 Å². The third-order valence-electron chi connectivity index (χ3n) is 4.80. The molecule has 1 aliphatic heterocycles. The van der Waals surface area contributed by atoms with Crippen molar-refractivity contribution >= 4 is 17.2 Å². The van der Waals surface area contributed by atoms with Crippen LogP contribution in [0.5, 0.6) is 5.75 Å². The molecule has 4 rings (SSSR count). The Morgan fingerprint density at radius 3 is 2.83 bits per heavy atom. The van der Waals surface area contributed by atoms with Gasteiger partial charge in [-0.15, -0.1) is 11.3 Å². The normalized spacial score (nSPS) is 15.8. The molecule has 9 nitrogen and oxygen atoms in total. The Bertz CT molecular complexity index is 922. The molecular weight excluding hydrogens is 392 g/mol. The summed E-state index contributed by atoms with van der Waals surface area (Å²) in [6.45, 7) is 3.48. The number of nitrogens with zero attached hydrogens (tertiary/aromatic N) is 4. The van der Waals surface area contributed by atoms with Crippen LogP contribution in [0.4, 0.5) is 0 Å². The molecule has 1 fully saturated rings. The van der Waals surface area contributed by atoms with Crippen molar-refractivity contribution in [3.63, 3.8) is 0 Å². The maximum absolute atomic E-state index is 12.7. The van der Waals surface area contributed by atoms with Gasteiger partial charge in [-0.2, -0.15) is 5.10 Å². The second-order valence-electron chi connectivity index (χ2n) is 6.52. The van der Waals surface area contributed by atoms with E-state index in [1.54, 1.807) is 12.5 Å². The van der Waals surface area contributed by atoms with E-state index in [0.717, 1.165) is 24.4 Å². The molecule has 1 saturated heterocycles. The van der Waals surface area contributed by atoms with Gasteiger partial charge >= 0.3 is 0 Å². The number of nitrogens with one attached hydrogen (secondary N) is 2. The number of rotatable bonds is 7. The van der Waals surface area contributed by atoms with Crippen LogP contribution in [0.3, 0.4) is 0 Å². The Hall–Kier alpha value is -2.82. The van der Waals surface area contributed by atoms with Crippen LogP contribution in [-0.4, -0.2) is 70.9 Å². The van der Waals surface area contributed by atoms with E-state index in [1.165, 1.54) is 17.7 Å². The van der Waals surface area contributed by atoms with Crippen molar-refractivity contribution in [3.8, 4) is 16.6 Å². The van der Waals surface area contributed by atoms with Crippen molar-refractivity contribution in [2.45, 2.75) is 6.04 Å². The van der Waals surface area contributed by atoms with Crippen LogP contribution in [0.25, 0.3) is 10.8 Å². The van der Waals surface area contributed by atoms with Gasteiger partial charge < -0.3 is 14.8 Å². The first-order valence-corrected chi connectivity index (χ1v) is 10.2. The highest BCUT2D eigenvalue weighted by atomic mass is 32.1. The molecule has 2 aromatic heterocycles. The van der Waals surface area contributed by atoms with Gasteiger partial charge in [0.2, 0.25) is 0 Å². The fraction of sp³-hybridized carbons (Fsp3) is 0.368. The van der Waals surface area contributed by atoms with E-state index in [2.05, 4.69) is 30.4 Å². The fourth-order valence-electron chi connectivity index (χ4n) is 3.25. The number of hydrogen-bond donors (Lipinski definition) is 2. The first kappa shape index (κ1) is 19.5. The molecule has 0 unspecified atom stereocenters. The Kier molecular flexibility index (Phi) is 6.13. The minimum Gasteiger partial charge on any atom is -0.497 e. The SMILES string of the molecule is COc1ccc([C@@H](CNC(=O)c2csc(-c3ncn[nH]3)n2)N2CCOCC2)cc1. The van der Waals surface area contributed by atoms with Crippen molar-refractivity contribution < 1.29 is 14.3 Å². The standard InChI is InChI=1S/C19H22N6O3S/c1-27-14-4-2-13(3-5-14)16(25-6-8-28-9-7-25)10-20-18(26)15-11-29-19(23-15)17-21-12-22-24-17/h2-5,11-12,16H,6-10H2,1H3,(H,20,26)(H,21,22,24)/t16-/m1/s1. The number of benzene rings is 1.